The molecular weight excluding hydrogens is 709 g/mol. The first kappa shape index (κ1) is 32.4. The maximum absolute atomic E-state index is 6.73. The number of hydrogen-bond donors (Lipinski definition) is 0. The summed E-state index contributed by atoms with van der Waals surface area (Å²) in [5.74, 6) is 1.73. The van der Waals surface area contributed by atoms with Crippen LogP contribution in [0, 0.1) is 0 Å². The first-order chi connectivity index (χ1) is 28.7. The summed E-state index contributed by atoms with van der Waals surface area (Å²) in [6, 6.07) is 68.0. The lowest BCUT2D eigenvalue weighted by molar-refractivity contribution is 0.670. The van der Waals surface area contributed by atoms with E-state index in [4.69, 9.17) is 19.4 Å². The summed E-state index contributed by atoms with van der Waals surface area (Å²) in [5, 5.41) is 9.01. The molecule has 0 radical (unpaired) electrons. The largest absolute Gasteiger partial charge is 0.455 e. The third kappa shape index (κ3) is 5.14. The molecule has 0 fully saturated rings. The first-order valence-electron chi connectivity index (χ1n) is 19.5. The normalized spacial score (nSPS) is 11.8. The van der Waals surface area contributed by atoms with Crippen molar-refractivity contribution in [1.82, 2.24) is 19.5 Å². The lowest BCUT2D eigenvalue weighted by atomic mass is 9.99. The van der Waals surface area contributed by atoms with Crippen LogP contribution in [0.4, 0.5) is 0 Å². The van der Waals surface area contributed by atoms with Gasteiger partial charge in [0, 0.05) is 38.4 Å². The number of para-hydroxylation sites is 3. The van der Waals surface area contributed by atoms with Crippen LogP contribution >= 0.6 is 0 Å². The van der Waals surface area contributed by atoms with Gasteiger partial charge in [0.05, 0.1) is 16.6 Å². The van der Waals surface area contributed by atoms with E-state index in [1.165, 1.54) is 16.2 Å². The van der Waals surface area contributed by atoms with Gasteiger partial charge < -0.3 is 8.98 Å². The van der Waals surface area contributed by atoms with E-state index in [2.05, 4.69) is 199 Å². The van der Waals surface area contributed by atoms with Gasteiger partial charge in [0.1, 0.15) is 11.2 Å². The molecule has 0 atom stereocenters. The Kier molecular flexibility index (Phi) is 7.16. The molecule has 0 N–H and O–H groups in total. The van der Waals surface area contributed by atoms with Crippen molar-refractivity contribution in [2.75, 3.05) is 0 Å². The van der Waals surface area contributed by atoms with Crippen LogP contribution in [-0.4, -0.2) is 19.5 Å². The molecule has 0 aliphatic carbocycles. The Balaban J connectivity index is 1.11. The molecule has 0 bridgehead atoms. The first-order valence-corrected chi connectivity index (χ1v) is 19.5. The number of fused-ring (bicyclic) bond motifs is 8. The van der Waals surface area contributed by atoms with Gasteiger partial charge in [-0.2, -0.15) is 0 Å². The molecule has 0 aliphatic rings. The van der Waals surface area contributed by atoms with Crippen molar-refractivity contribution in [2.24, 2.45) is 0 Å². The van der Waals surface area contributed by atoms with E-state index in [0.717, 1.165) is 82.6 Å². The zero-order valence-electron chi connectivity index (χ0n) is 31.2. The fourth-order valence-electron chi connectivity index (χ4n) is 8.67. The molecular formula is C53H32N4O. The Morgan fingerprint density at radius 2 is 0.966 bits per heavy atom. The fourth-order valence-corrected chi connectivity index (χ4v) is 8.67. The summed E-state index contributed by atoms with van der Waals surface area (Å²) >= 11 is 0. The highest BCUT2D eigenvalue weighted by Gasteiger charge is 2.22. The highest BCUT2D eigenvalue weighted by Crippen LogP contribution is 2.41. The summed E-state index contributed by atoms with van der Waals surface area (Å²) in [7, 11) is 0. The summed E-state index contributed by atoms with van der Waals surface area (Å²) in [5.41, 5.74) is 9.74. The Labute approximate surface area is 333 Å². The quantitative estimate of drug-likeness (QED) is 0.176. The second-order valence-electron chi connectivity index (χ2n) is 14.8. The van der Waals surface area contributed by atoms with Gasteiger partial charge in [-0.15, -0.1) is 0 Å². The van der Waals surface area contributed by atoms with Crippen molar-refractivity contribution in [3.8, 4) is 51.0 Å². The topological polar surface area (TPSA) is 56.7 Å². The highest BCUT2D eigenvalue weighted by molar-refractivity contribution is 6.16. The SMILES string of the molecule is c1ccc(-n2c3ccccc3c3c(-c4nc(-c5cccc(-c6ccc7ccccc7c6)c5)nc(-c5cccc6c5oc5cc7ccccc7cc56)n4)cccc32)cc1. The van der Waals surface area contributed by atoms with Gasteiger partial charge in [0.15, 0.2) is 17.5 Å². The van der Waals surface area contributed by atoms with Gasteiger partial charge in [-0.1, -0.05) is 140 Å². The number of furan rings is 1. The van der Waals surface area contributed by atoms with Crippen molar-refractivity contribution >= 4 is 65.3 Å². The summed E-state index contributed by atoms with van der Waals surface area (Å²) < 4.78 is 9.05. The van der Waals surface area contributed by atoms with Crippen molar-refractivity contribution in [3.05, 3.63) is 194 Å². The third-order valence-electron chi connectivity index (χ3n) is 11.4. The second kappa shape index (κ2) is 12.8. The van der Waals surface area contributed by atoms with Crippen LogP contribution in [0.15, 0.2) is 199 Å². The molecule has 0 saturated heterocycles. The molecule has 0 aliphatic heterocycles. The predicted octanol–water partition coefficient (Wildman–Crippen LogP) is 13.8. The predicted molar refractivity (Wildman–Crippen MR) is 238 cm³/mol. The minimum absolute atomic E-state index is 0.550. The molecule has 0 spiro atoms. The lowest BCUT2D eigenvalue weighted by Gasteiger charge is -2.11. The minimum Gasteiger partial charge on any atom is -0.455 e. The zero-order chi connectivity index (χ0) is 38.2. The van der Waals surface area contributed by atoms with E-state index in [1.54, 1.807) is 0 Å². The standard InChI is InChI=1S/C53H32N4O/c1-2-19-40(20-3-1)57-46-25-9-8-21-42(46)49-43(23-12-26-47(49)57)52-54-51(39-18-10-17-35(30-39)38-28-27-33-13-4-5-14-34(33)29-38)55-53(56-52)44-24-11-22-41-45-31-36-15-6-7-16-37(36)32-48(45)58-50(41)44/h1-32H. The molecule has 12 rings (SSSR count). The van der Waals surface area contributed by atoms with E-state index in [9.17, 15) is 0 Å². The fraction of sp³-hybridized carbons (Fsp3) is 0. The van der Waals surface area contributed by atoms with Crippen molar-refractivity contribution in [3.63, 3.8) is 0 Å². The van der Waals surface area contributed by atoms with Gasteiger partial charge in [-0.3, -0.25) is 0 Å². The van der Waals surface area contributed by atoms with Gasteiger partial charge in [0.25, 0.3) is 0 Å². The van der Waals surface area contributed by atoms with E-state index < -0.39 is 0 Å². The molecule has 9 aromatic carbocycles. The van der Waals surface area contributed by atoms with E-state index in [-0.39, 0.29) is 0 Å². The molecule has 0 unspecified atom stereocenters. The molecule has 5 nitrogen and oxygen atoms in total. The molecule has 12 aromatic rings. The number of benzene rings is 9. The van der Waals surface area contributed by atoms with Crippen molar-refractivity contribution in [1.29, 1.82) is 0 Å². The van der Waals surface area contributed by atoms with Crippen LogP contribution in [0.1, 0.15) is 0 Å². The van der Waals surface area contributed by atoms with Crippen LogP contribution < -0.4 is 0 Å². The minimum atomic E-state index is 0.550. The number of nitrogens with zero attached hydrogens (tertiary/aromatic N) is 4. The van der Waals surface area contributed by atoms with Crippen molar-refractivity contribution in [2.45, 2.75) is 0 Å². The number of aromatic nitrogens is 4. The Morgan fingerprint density at radius 1 is 0.362 bits per heavy atom. The lowest BCUT2D eigenvalue weighted by Crippen LogP contribution is -2.01. The number of hydrogen-bond acceptors (Lipinski definition) is 4. The van der Waals surface area contributed by atoms with Gasteiger partial charge in [0.2, 0.25) is 0 Å². The van der Waals surface area contributed by atoms with Crippen LogP contribution in [0.2, 0.25) is 0 Å². The monoisotopic (exact) mass is 740 g/mol. The van der Waals surface area contributed by atoms with Crippen LogP contribution in [0.5, 0.6) is 0 Å². The Morgan fingerprint density at radius 3 is 1.83 bits per heavy atom. The molecule has 5 heteroatoms. The summed E-state index contributed by atoms with van der Waals surface area (Å²) in [4.78, 5) is 15.9. The average Bonchev–Trinajstić information content (AvgIpc) is 3.83. The smallest absolute Gasteiger partial charge is 0.167 e. The van der Waals surface area contributed by atoms with E-state index in [0.29, 0.717) is 17.5 Å². The molecule has 58 heavy (non-hydrogen) atoms. The van der Waals surface area contributed by atoms with Crippen LogP contribution in [-0.2, 0) is 0 Å². The maximum atomic E-state index is 6.73. The van der Waals surface area contributed by atoms with E-state index >= 15 is 0 Å². The maximum Gasteiger partial charge on any atom is 0.167 e. The number of rotatable bonds is 5. The van der Waals surface area contributed by atoms with Gasteiger partial charge >= 0.3 is 0 Å². The van der Waals surface area contributed by atoms with E-state index in [1.807, 2.05) is 0 Å². The zero-order valence-corrected chi connectivity index (χ0v) is 31.2. The second-order valence-corrected chi connectivity index (χ2v) is 14.8. The molecule has 3 aromatic heterocycles. The van der Waals surface area contributed by atoms with Gasteiger partial charge in [-0.25, -0.2) is 15.0 Å². The molecule has 270 valence electrons. The summed E-state index contributed by atoms with van der Waals surface area (Å²) in [6.07, 6.45) is 0. The highest BCUT2D eigenvalue weighted by atomic mass is 16.3. The van der Waals surface area contributed by atoms with Crippen LogP contribution in [0.25, 0.3) is 116 Å². The van der Waals surface area contributed by atoms with Crippen molar-refractivity contribution < 1.29 is 4.42 Å². The van der Waals surface area contributed by atoms with Gasteiger partial charge in [-0.05, 0) is 87.3 Å². The molecule has 0 saturated carbocycles. The summed E-state index contributed by atoms with van der Waals surface area (Å²) in [6.45, 7) is 0. The Hall–Kier alpha value is -7.89. The van der Waals surface area contributed by atoms with Crippen LogP contribution in [0.3, 0.4) is 0 Å². The molecule has 0 amide bonds. The molecule has 3 heterocycles. The average molecular weight is 741 g/mol. The third-order valence-corrected chi connectivity index (χ3v) is 11.4. The Bertz CT molecular complexity index is 3580.